The fourth-order valence-electron chi connectivity index (χ4n) is 4.26. The molecule has 0 spiro atoms. The Balaban J connectivity index is 3.36. The van der Waals surface area contributed by atoms with Crippen LogP contribution in [0.3, 0.4) is 0 Å². The maximum atomic E-state index is 11.8. The molecular formula is C30H58O5. The first kappa shape index (κ1) is 33.9. The lowest BCUT2D eigenvalue weighted by atomic mass is 10.0. The molecule has 5 heteroatoms. The molecule has 0 unspecified atom stereocenters. The molecule has 0 aliphatic carbocycles. The Labute approximate surface area is 217 Å². The van der Waals surface area contributed by atoms with Gasteiger partial charge >= 0.3 is 11.9 Å². The average molecular weight is 499 g/mol. The number of carbonyl (C=O) groups excluding carboxylic acids is 2. The van der Waals surface area contributed by atoms with Gasteiger partial charge < -0.3 is 14.6 Å². The summed E-state index contributed by atoms with van der Waals surface area (Å²) < 4.78 is 10.2. The quantitative estimate of drug-likeness (QED) is 0.0908. The second-order valence-corrected chi connectivity index (χ2v) is 10.2. The lowest BCUT2D eigenvalue weighted by Crippen LogP contribution is -2.25. The Morgan fingerprint density at radius 3 is 1.03 bits per heavy atom. The molecule has 0 bridgehead atoms. The number of rotatable bonds is 27. The summed E-state index contributed by atoms with van der Waals surface area (Å²) in [5.74, 6) is -0.572. The van der Waals surface area contributed by atoms with Crippen molar-refractivity contribution >= 4 is 11.9 Å². The molecule has 0 amide bonds. The molecule has 0 aliphatic rings. The topological polar surface area (TPSA) is 72.8 Å². The summed E-state index contributed by atoms with van der Waals surface area (Å²) >= 11 is 0. The number of esters is 2. The minimum atomic E-state index is -0.950. The van der Waals surface area contributed by atoms with Crippen LogP contribution in [0.2, 0.25) is 0 Å². The normalized spacial score (nSPS) is 12.0. The van der Waals surface area contributed by atoms with Crippen LogP contribution in [0.1, 0.15) is 162 Å². The maximum absolute atomic E-state index is 11.8. The monoisotopic (exact) mass is 498 g/mol. The van der Waals surface area contributed by atoms with E-state index < -0.39 is 6.10 Å². The van der Waals surface area contributed by atoms with Crippen LogP contribution in [0.25, 0.3) is 0 Å². The van der Waals surface area contributed by atoms with E-state index in [0.717, 1.165) is 32.1 Å². The molecule has 0 saturated heterocycles. The molecular weight excluding hydrogens is 440 g/mol. The molecule has 5 nitrogen and oxygen atoms in total. The van der Waals surface area contributed by atoms with Crippen LogP contribution < -0.4 is 0 Å². The van der Waals surface area contributed by atoms with Crippen molar-refractivity contribution in [3.05, 3.63) is 0 Å². The summed E-state index contributed by atoms with van der Waals surface area (Å²) in [6.45, 7) is 4.21. The first-order valence-electron chi connectivity index (χ1n) is 15.1. The first-order chi connectivity index (χ1) is 17.1. The van der Waals surface area contributed by atoms with E-state index in [1.165, 1.54) is 103 Å². The summed E-state index contributed by atoms with van der Waals surface area (Å²) in [7, 11) is 0. The van der Waals surface area contributed by atoms with Gasteiger partial charge in [0.05, 0.1) is 0 Å². The van der Waals surface area contributed by atoms with Crippen molar-refractivity contribution in [2.45, 2.75) is 168 Å². The third-order valence-electron chi connectivity index (χ3n) is 6.59. The zero-order valence-corrected chi connectivity index (χ0v) is 23.3. The Morgan fingerprint density at radius 1 is 0.486 bits per heavy atom. The number of unbranched alkanes of at least 4 members (excludes halogenated alkanes) is 19. The summed E-state index contributed by atoms with van der Waals surface area (Å²) in [5.41, 5.74) is 0. The first-order valence-corrected chi connectivity index (χ1v) is 15.1. The van der Waals surface area contributed by atoms with Gasteiger partial charge in [-0.2, -0.15) is 0 Å². The van der Waals surface area contributed by atoms with Gasteiger partial charge in [0, 0.05) is 12.8 Å². The Hall–Kier alpha value is -1.10. The van der Waals surface area contributed by atoms with Crippen LogP contribution in [-0.4, -0.2) is 36.4 Å². The van der Waals surface area contributed by atoms with Gasteiger partial charge in [-0.25, -0.2) is 0 Å². The van der Waals surface area contributed by atoms with Crippen molar-refractivity contribution in [1.82, 2.24) is 0 Å². The lowest BCUT2D eigenvalue weighted by Gasteiger charge is -2.12. The fourth-order valence-corrected chi connectivity index (χ4v) is 4.26. The smallest absolute Gasteiger partial charge is 0.305 e. The highest BCUT2D eigenvalue weighted by Gasteiger charge is 2.12. The summed E-state index contributed by atoms with van der Waals surface area (Å²) in [6, 6.07) is 0. The Morgan fingerprint density at radius 2 is 0.743 bits per heavy atom. The summed E-state index contributed by atoms with van der Waals surface area (Å²) in [6.07, 6.45) is 26.1. The van der Waals surface area contributed by atoms with Crippen LogP contribution in [0.15, 0.2) is 0 Å². The van der Waals surface area contributed by atoms with Crippen LogP contribution in [0.4, 0.5) is 0 Å². The van der Waals surface area contributed by atoms with Crippen LogP contribution in [0, 0.1) is 0 Å². The summed E-state index contributed by atoms with van der Waals surface area (Å²) in [4.78, 5) is 23.5. The molecule has 35 heavy (non-hydrogen) atoms. The third kappa shape index (κ3) is 27.3. The fraction of sp³-hybridized carbons (Fsp3) is 0.933. The van der Waals surface area contributed by atoms with Crippen LogP contribution in [-0.2, 0) is 19.1 Å². The predicted molar refractivity (Wildman–Crippen MR) is 145 cm³/mol. The van der Waals surface area contributed by atoms with Gasteiger partial charge in [-0.3, -0.25) is 9.59 Å². The van der Waals surface area contributed by atoms with Crippen LogP contribution in [0.5, 0.6) is 0 Å². The molecule has 0 aromatic carbocycles. The predicted octanol–water partition coefficient (Wildman–Crippen LogP) is 8.45. The molecule has 1 N–H and O–H groups in total. The van der Waals surface area contributed by atoms with Crippen molar-refractivity contribution in [3.63, 3.8) is 0 Å². The largest absolute Gasteiger partial charge is 0.463 e. The van der Waals surface area contributed by atoms with Crippen molar-refractivity contribution in [3.8, 4) is 0 Å². The minimum absolute atomic E-state index is 0.110. The van der Waals surface area contributed by atoms with E-state index in [1.54, 1.807) is 0 Å². The van der Waals surface area contributed by atoms with Gasteiger partial charge in [0.2, 0.25) is 0 Å². The maximum Gasteiger partial charge on any atom is 0.305 e. The van der Waals surface area contributed by atoms with Gasteiger partial charge in [0.15, 0.2) is 0 Å². The molecule has 0 saturated carbocycles. The number of hydrogen-bond donors (Lipinski definition) is 1. The van der Waals surface area contributed by atoms with Gasteiger partial charge in [-0.15, -0.1) is 0 Å². The second kappa shape index (κ2) is 27.5. The van der Waals surface area contributed by atoms with E-state index >= 15 is 0 Å². The molecule has 0 aromatic heterocycles. The number of aliphatic hydroxyl groups excluding tert-OH is 1. The highest BCUT2D eigenvalue weighted by atomic mass is 16.6. The summed E-state index contributed by atoms with van der Waals surface area (Å²) in [5, 5.41) is 9.85. The molecule has 1 atom stereocenters. The molecule has 208 valence electrons. The van der Waals surface area contributed by atoms with E-state index in [1.807, 2.05) is 0 Å². The van der Waals surface area contributed by atoms with Crippen molar-refractivity contribution in [2.24, 2.45) is 0 Å². The zero-order valence-electron chi connectivity index (χ0n) is 23.3. The minimum Gasteiger partial charge on any atom is -0.463 e. The van der Waals surface area contributed by atoms with Crippen molar-refractivity contribution in [2.75, 3.05) is 13.2 Å². The lowest BCUT2D eigenvalue weighted by molar-refractivity contribution is -0.152. The van der Waals surface area contributed by atoms with Gasteiger partial charge in [-0.05, 0) is 12.8 Å². The molecule has 0 aromatic rings. The number of hydrogen-bond acceptors (Lipinski definition) is 5. The van der Waals surface area contributed by atoms with Gasteiger partial charge in [0.1, 0.15) is 19.3 Å². The average Bonchev–Trinajstić information content (AvgIpc) is 2.85. The van der Waals surface area contributed by atoms with E-state index in [2.05, 4.69) is 13.8 Å². The van der Waals surface area contributed by atoms with Crippen molar-refractivity contribution in [1.29, 1.82) is 0 Å². The van der Waals surface area contributed by atoms with Crippen molar-refractivity contribution < 1.29 is 24.2 Å². The molecule has 0 aliphatic heterocycles. The molecule has 0 rings (SSSR count). The highest BCUT2D eigenvalue weighted by Crippen LogP contribution is 2.14. The SMILES string of the molecule is CCCCCCCCCCCCCCCCCCC(=O)OC[C@@H](O)COC(=O)CCCCCCC. The molecule has 0 fully saturated rings. The Kier molecular flexibility index (Phi) is 26.6. The third-order valence-corrected chi connectivity index (χ3v) is 6.59. The number of carbonyl (C=O) groups is 2. The molecule has 0 heterocycles. The number of aliphatic hydroxyl groups is 1. The number of ether oxygens (including phenoxy) is 2. The van der Waals surface area contributed by atoms with E-state index in [4.69, 9.17) is 9.47 Å². The van der Waals surface area contributed by atoms with Gasteiger partial charge in [-0.1, -0.05) is 136 Å². The second-order valence-electron chi connectivity index (χ2n) is 10.2. The standard InChI is InChI=1S/C30H58O5/c1-3-5-7-9-10-11-12-13-14-15-16-17-18-19-21-23-25-30(33)35-27-28(31)26-34-29(32)24-22-20-8-6-4-2/h28,31H,3-27H2,1-2H3/t28-/m0/s1. The van der Waals surface area contributed by atoms with E-state index in [9.17, 15) is 14.7 Å². The van der Waals surface area contributed by atoms with E-state index in [-0.39, 0.29) is 25.2 Å². The zero-order chi connectivity index (χ0) is 25.8. The van der Waals surface area contributed by atoms with E-state index in [0.29, 0.717) is 12.8 Å². The van der Waals surface area contributed by atoms with Crippen LogP contribution >= 0.6 is 0 Å². The van der Waals surface area contributed by atoms with Gasteiger partial charge in [0.25, 0.3) is 0 Å². The molecule has 0 radical (unpaired) electrons. The highest BCUT2D eigenvalue weighted by molar-refractivity contribution is 5.69. The Bertz CT molecular complexity index is 466.